The van der Waals surface area contributed by atoms with Gasteiger partial charge in [0, 0.05) is 6.04 Å². The Morgan fingerprint density at radius 1 is 1.25 bits per heavy atom. The van der Waals surface area contributed by atoms with E-state index in [1.54, 1.807) is 23.3 Å². The summed E-state index contributed by atoms with van der Waals surface area (Å²) in [5.41, 5.74) is 2.07. The molecule has 0 radical (unpaired) electrons. The van der Waals surface area contributed by atoms with Gasteiger partial charge in [-0.05, 0) is 31.0 Å². The number of furan rings is 1. The molecule has 1 aromatic heterocycles. The maximum absolute atomic E-state index is 12.8. The fourth-order valence-corrected chi connectivity index (χ4v) is 4.73. The van der Waals surface area contributed by atoms with Crippen molar-refractivity contribution < 1.29 is 17.6 Å². The first-order valence-electron chi connectivity index (χ1n) is 8.01. The van der Waals surface area contributed by atoms with Crippen LogP contribution in [0.1, 0.15) is 23.3 Å². The average molecular weight is 347 g/mol. The molecule has 1 aromatic carbocycles. The number of benzene rings is 1. The van der Waals surface area contributed by atoms with Crippen molar-refractivity contribution in [2.45, 2.75) is 32.4 Å². The second kappa shape index (κ2) is 6.81. The lowest BCUT2D eigenvalue weighted by atomic mass is 10.1. The maximum Gasteiger partial charge on any atom is 0.227 e. The van der Waals surface area contributed by atoms with Crippen molar-refractivity contribution in [2.24, 2.45) is 0 Å². The lowest BCUT2D eigenvalue weighted by molar-refractivity contribution is -0.133. The van der Waals surface area contributed by atoms with Crippen molar-refractivity contribution in [1.82, 2.24) is 4.90 Å². The van der Waals surface area contributed by atoms with Gasteiger partial charge in [-0.2, -0.15) is 0 Å². The molecule has 6 heteroatoms. The van der Waals surface area contributed by atoms with Crippen LogP contribution in [0.15, 0.2) is 47.1 Å². The number of hydrogen-bond acceptors (Lipinski definition) is 4. The Hall–Kier alpha value is -2.08. The van der Waals surface area contributed by atoms with Gasteiger partial charge in [0.2, 0.25) is 5.91 Å². The second-order valence-corrected chi connectivity index (χ2v) is 8.55. The largest absolute Gasteiger partial charge is 0.467 e. The van der Waals surface area contributed by atoms with Gasteiger partial charge in [0.15, 0.2) is 9.84 Å². The molecular weight excluding hydrogens is 326 g/mol. The van der Waals surface area contributed by atoms with E-state index in [1.165, 1.54) is 0 Å². The highest BCUT2D eigenvalue weighted by Gasteiger charge is 2.34. The Balaban J connectivity index is 1.78. The number of sulfone groups is 1. The average Bonchev–Trinajstić information content (AvgIpc) is 3.16. The van der Waals surface area contributed by atoms with Crippen LogP contribution in [0.4, 0.5) is 0 Å². The summed E-state index contributed by atoms with van der Waals surface area (Å²) in [6.45, 7) is 2.30. The third kappa shape index (κ3) is 4.06. The predicted molar refractivity (Wildman–Crippen MR) is 91.2 cm³/mol. The van der Waals surface area contributed by atoms with E-state index in [4.69, 9.17) is 4.42 Å². The van der Waals surface area contributed by atoms with Gasteiger partial charge < -0.3 is 9.32 Å². The molecule has 3 rings (SSSR count). The van der Waals surface area contributed by atoms with Gasteiger partial charge in [0.05, 0.1) is 30.7 Å². The molecule has 2 aromatic rings. The summed E-state index contributed by atoms with van der Waals surface area (Å²) >= 11 is 0. The molecule has 0 saturated carbocycles. The van der Waals surface area contributed by atoms with E-state index < -0.39 is 9.84 Å². The summed E-state index contributed by atoms with van der Waals surface area (Å²) < 4.78 is 29.0. The van der Waals surface area contributed by atoms with E-state index in [9.17, 15) is 13.2 Å². The van der Waals surface area contributed by atoms with Crippen LogP contribution in [0.5, 0.6) is 0 Å². The van der Waals surface area contributed by atoms with Crippen LogP contribution in [0.25, 0.3) is 0 Å². The van der Waals surface area contributed by atoms with Crippen molar-refractivity contribution in [1.29, 1.82) is 0 Å². The first-order valence-corrected chi connectivity index (χ1v) is 9.83. The zero-order valence-electron chi connectivity index (χ0n) is 13.6. The van der Waals surface area contributed by atoms with Crippen LogP contribution in [0.2, 0.25) is 0 Å². The standard InChI is InChI=1S/C18H21NO4S/c1-14-4-6-15(7-5-14)11-18(20)19(12-17-3-2-9-23-17)16-8-10-24(21,22)13-16/h2-7,9,16H,8,10-13H2,1H3/t16-/m1/s1. The van der Waals surface area contributed by atoms with Gasteiger partial charge in [-0.25, -0.2) is 8.42 Å². The number of carbonyl (C=O) groups excluding carboxylic acids is 1. The Morgan fingerprint density at radius 2 is 2.00 bits per heavy atom. The maximum atomic E-state index is 12.8. The monoisotopic (exact) mass is 347 g/mol. The molecule has 1 saturated heterocycles. The van der Waals surface area contributed by atoms with Gasteiger partial charge in [-0.1, -0.05) is 29.8 Å². The number of nitrogens with zero attached hydrogens (tertiary/aromatic N) is 1. The van der Waals surface area contributed by atoms with Crippen LogP contribution in [0, 0.1) is 6.92 Å². The molecule has 1 amide bonds. The molecule has 24 heavy (non-hydrogen) atoms. The molecule has 5 nitrogen and oxygen atoms in total. The minimum atomic E-state index is -3.06. The van der Waals surface area contributed by atoms with Crippen molar-refractivity contribution >= 4 is 15.7 Å². The zero-order chi connectivity index (χ0) is 17.2. The van der Waals surface area contributed by atoms with Crippen LogP contribution in [-0.4, -0.2) is 36.8 Å². The van der Waals surface area contributed by atoms with Crippen LogP contribution in [-0.2, 0) is 27.6 Å². The lowest BCUT2D eigenvalue weighted by Gasteiger charge is -2.27. The number of hydrogen-bond donors (Lipinski definition) is 0. The molecule has 1 fully saturated rings. The number of aryl methyl sites for hydroxylation is 1. The SMILES string of the molecule is Cc1ccc(CC(=O)N(Cc2ccco2)[C@@H]2CCS(=O)(=O)C2)cc1. The van der Waals surface area contributed by atoms with E-state index >= 15 is 0 Å². The van der Waals surface area contributed by atoms with Crippen molar-refractivity contribution in [3.8, 4) is 0 Å². The van der Waals surface area contributed by atoms with E-state index in [0.717, 1.165) is 11.1 Å². The molecule has 0 unspecified atom stereocenters. The van der Waals surface area contributed by atoms with Crippen LogP contribution < -0.4 is 0 Å². The lowest BCUT2D eigenvalue weighted by Crippen LogP contribution is -2.41. The van der Waals surface area contributed by atoms with Gasteiger partial charge in [0.1, 0.15) is 5.76 Å². The molecule has 0 N–H and O–H groups in total. The zero-order valence-corrected chi connectivity index (χ0v) is 14.5. The molecular formula is C18H21NO4S. The van der Waals surface area contributed by atoms with Crippen molar-refractivity contribution in [3.63, 3.8) is 0 Å². The van der Waals surface area contributed by atoms with E-state index in [1.807, 2.05) is 31.2 Å². The van der Waals surface area contributed by atoms with E-state index in [0.29, 0.717) is 18.7 Å². The summed E-state index contributed by atoms with van der Waals surface area (Å²) in [6.07, 6.45) is 2.31. The third-order valence-corrected chi connectivity index (χ3v) is 6.10. The van der Waals surface area contributed by atoms with Crippen LogP contribution in [0.3, 0.4) is 0 Å². The number of rotatable bonds is 5. The molecule has 0 spiro atoms. The summed E-state index contributed by atoms with van der Waals surface area (Å²) in [5, 5.41) is 0. The van der Waals surface area contributed by atoms with Crippen molar-refractivity contribution in [3.05, 3.63) is 59.5 Å². The molecule has 128 valence electrons. The van der Waals surface area contributed by atoms with Crippen molar-refractivity contribution in [2.75, 3.05) is 11.5 Å². The molecule has 2 heterocycles. The number of carbonyl (C=O) groups is 1. The fourth-order valence-electron chi connectivity index (χ4n) is 2.99. The molecule has 0 bridgehead atoms. The normalized spacial score (nSPS) is 19.3. The Bertz CT molecular complexity index is 794. The van der Waals surface area contributed by atoms with E-state index in [2.05, 4.69) is 0 Å². The van der Waals surface area contributed by atoms with E-state index in [-0.39, 0.29) is 29.9 Å². The van der Waals surface area contributed by atoms with Gasteiger partial charge in [0.25, 0.3) is 0 Å². The Labute approximate surface area is 142 Å². The number of amides is 1. The summed E-state index contributed by atoms with van der Waals surface area (Å²) in [4.78, 5) is 14.5. The fraction of sp³-hybridized carbons (Fsp3) is 0.389. The topological polar surface area (TPSA) is 67.6 Å². The predicted octanol–water partition coefficient (Wildman–Crippen LogP) is 2.35. The smallest absolute Gasteiger partial charge is 0.227 e. The minimum absolute atomic E-state index is 0.0351. The quantitative estimate of drug-likeness (QED) is 0.833. The second-order valence-electron chi connectivity index (χ2n) is 6.32. The minimum Gasteiger partial charge on any atom is -0.467 e. The molecule has 1 aliphatic heterocycles. The Kier molecular flexibility index (Phi) is 4.76. The Morgan fingerprint density at radius 3 is 2.58 bits per heavy atom. The molecule has 0 aliphatic carbocycles. The first-order chi connectivity index (χ1) is 11.4. The third-order valence-electron chi connectivity index (χ3n) is 4.35. The molecule has 1 aliphatic rings. The highest BCUT2D eigenvalue weighted by atomic mass is 32.2. The molecule has 1 atom stereocenters. The van der Waals surface area contributed by atoms with Gasteiger partial charge in [-0.3, -0.25) is 4.79 Å². The highest BCUT2D eigenvalue weighted by Crippen LogP contribution is 2.21. The highest BCUT2D eigenvalue weighted by molar-refractivity contribution is 7.91. The summed E-state index contributed by atoms with van der Waals surface area (Å²) in [6, 6.07) is 11.1. The van der Waals surface area contributed by atoms with Gasteiger partial charge >= 0.3 is 0 Å². The summed E-state index contributed by atoms with van der Waals surface area (Å²) in [5.74, 6) is 0.770. The first kappa shape index (κ1) is 16.8. The van der Waals surface area contributed by atoms with Gasteiger partial charge in [-0.15, -0.1) is 0 Å². The summed E-state index contributed by atoms with van der Waals surface area (Å²) in [7, 11) is -3.06. The van der Waals surface area contributed by atoms with Crippen LogP contribution >= 0.6 is 0 Å².